The van der Waals surface area contributed by atoms with Crippen molar-refractivity contribution in [1.29, 1.82) is 0 Å². The maximum Gasteiger partial charge on any atom is 0.0665 e. The molecule has 2 rings (SSSR count). The van der Waals surface area contributed by atoms with Crippen LogP contribution in [0.5, 0.6) is 0 Å². The standard InChI is InChI=1S/C7H7N3/c1-2-7-6(4-8-3-1)5-9-10-7/h1-5,8,10H. The Bertz CT molecular complexity index is 358. The van der Waals surface area contributed by atoms with Gasteiger partial charge in [-0.15, -0.1) is 0 Å². The molecular weight excluding hydrogens is 126 g/mol. The molecule has 0 bridgehead atoms. The molecule has 50 valence electrons. The van der Waals surface area contributed by atoms with Crippen molar-refractivity contribution in [2.75, 3.05) is 0 Å². The quantitative estimate of drug-likeness (QED) is 0.479. The molecule has 0 saturated heterocycles. The van der Waals surface area contributed by atoms with E-state index in [0.717, 1.165) is 10.6 Å². The smallest absolute Gasteiger partial charge is 0.0665 e. The molecule has 2 N–H and O–H groups in total. The summed E-state index contributed by atoms with van der Waals surface area (Å²) in [7, 11) is 0. The first kappa shape index (κ1) is 5.29. The summed E-state index contributed by atoms with van der Waals surface area (Å²) in [6.07, 6.45) is 9.46. The van der Waals surface area contributed by atoms with Crippen molar-refractivity contribution in [3.05, 3.63) is 29.0 Å². The van der Waals surface area contributed by atoms with E-state index in [-0.39, 0.29) is 0 Å². The van der Waals surface area contributed by atoms with Crippen LogP contribution in [0, 0.1) is 0 Å². The molecule has 0 spiro atoms. The van der Waals surface area contributed by atoms with E-state index < -0.39 is 0 Å². The summed E-state index contributed by atoms with van der Waals surface area (Å²) in [6, 6.07) is 0. The monoisotopic (exact) mass is 133 g/mol. The Hall–Kier alpha value is -1.51. The largest absolute Gasteiger partial charge is 0.367 e. The van der Waals surface area contributed by atoms with Crippen molar-refractivity contribution >= 4 is 12.3 Å². The van der Waals surface area contributed by atoms with Gasteiger partial charge in [-0.25, -0.2) is 0 Å². The van der Waals surface area contributed by atoms with Gasteiger partial charge in [0.1, 0.15) is 0 Å². The number of hydrogen-bond donors (Lipinski definition) is 2. The Balaban J connectivity index is 2.82. The first-order valence-electron chi connectivity index (χ1n) is 3.09. The van der Waals surface area contributed by atoms with Crippen molar-refractivity contribution in [2.24, 2.45) is 0 Å². The zero-order chi connectivity index (χ0) is 6.81. The second-order valence-electron chi connectivity index (χ2n) is 2.08. The molecule has 1 aromatic heterocycles. The molecule has 3 nitrogen and oxygen atoms in total. The number of aromatic nitrogens is 2. The highest BCUT2D eigenvalue weighted by atomic mass is 15.1. The van der Waals surface area contributed by atoms with E-state index in [1.165, 1.54) is 0 Å². The molecule has 0 aliphatic carbocycles. The number of fused-ring (bicyclic) bond motifs is 1. The Labute approximate surface area is 57.8 Å². The molecule has 1 aliphatic heterocycles. The lowest BCUT2D eigenvalue weighted by atomic mass is 10.4. The molecule has 0 atom stereocenters. The van der Waals surface area contributed by atoms with E-state index in [0.29, 0.717) is 0 Å². The molecule has 0 fully saturated rings. The van der Waals surface area contributed by atoms with Crippen molar-refractivity contribution < 1.29 is 0 Å². The van der Waals surface area contributed by atoms with Crippen molar-refractivity contribution in [1.82, 2.24) is 15.5 Å². The SMILES string of the molecule is C1=CNC=c2cn[nH]c2=C1. The Morgan fingerprint density at radius 2 is 2.40 bits per heavy atom. The summed E-state index contributed by atoms with van der Waals surface area (Å²) in [6.45, 7) is 0. The third-order valence-electron chi connectivity index (χ3n) is 1.39. The van der Waals surface area contributed by atoms with Crippen LogP contribution in [0.25, 0.3) is 12.3 Å². The third kappa shape index (κ3) is 0.719. The van der Waals surface area contributed by atoms with Gasteiger partial charge in [0.2, 0.25) is 0 Å². The molecular formula is C7H7N3. The number of nitrogens with one attached hydrogen (secondary N) is 2. The second kappa shape index (κ2) is 2.02. The van der Waals surface area contributed by atoms with Crippen LogP contribution >= 0.6 is 0 Å². The molecule has 0 saturated carbocycles. The Morgan fingerprint density at radius 3 is 3.40 bits per heavy atom. The molecule has 1 aromatic rings. The van der Waals surface area contributed by atoms with Gasteiger partial charge in [-0.05, 0) is 12.2 Å². The molecule has 0 unspecified atom stereocenters. The predicted octanol–water partition coefficient (Wildman–Crippen LogP) is -0.955. The highest BCUT2D eigenvalue weighted by Crippen LogP contribution is 1.72. The van der Waals surface area contributed by atoms with Crippen LogP contribution in [0.1, 0.15) is 0 Å². The molecule has 0 radical (unpaired) electrons. The van der Waals surface area contributed by atoms with Gasteiger partial charge in [0.05, 0.1) is 11.5 Å². The van der Waals surface area contributed by atoms with Crippen molar-refractivity contribution in [3.8, 4) is 0 Å². The van der Waals surface area contributed by atoms with Gasteiger partial charge in [0.15, 0.2) is 0 Å². The van der Waals surface area contributed by atoms with E-state index in [9.17, 15) is 0 Å². The molecule has 0 amide bonds. The molecule has 1 aliphatic rings. The van der Waals surface area contributed by atoms with Gasteiger partial charge in [0, 0.05) is 17.6 Å². The average Bonchev–Trinajstić information content (AvgIpc) is 2.28. The maximum absolute atomic E-state index is 3.88. The highest BCUT2D eigenvalue weighted by Gasteiger charge is 1.86. The van der Waals surface area contributed by atoms with E-state index in [1.54, 1.807) is 6.20 Å². The lowest BCUT2D eigenvalue weighted by Gasteiger charge is -1.80. The van der Waals surface area contributed by atoms with Gasteiger partial charge < -0.3 is 5.32 Å². The zero-order valence-corrected chi connectivity index (χ0v) is 5.33. The van der Waals surface area contributed by atoms with Crippen LogP contribution in [-0.4, -0.2) is 10.2 Å². The minimum Gasteiger partial charge on any atom is -0.367 e. The first-order valence-corrected chi connectivity index (χ1v) is 3.09. The van der Waals surface area contributed by atoms with Crippen molar-refractivity contribution in [3.63, 3.8) is 0 Å². The molecule has 3 heteroatoms. The van der Waals surface area contributed by atoms with E-state index >= 15 is 0 Å². The van der Waals surface area contributed by atoms with Gasteiger partial charge in [-0.2, -0.15) is 5.10 Å². The number of H-pyrrole nitrogens is 1. The van der Waals surface area contributed by atoms with Crippen LogP contribution < -0.4 is 15.9 Å². The zero-order valence-electron chi connectivity index (χ0n) is 5.33. The summed E-state index contributed by atoms with van der Waals surface area (Å²) < 4.78 is 0. The second-order valence-corrected chi connectivity index (χ2v) is 2.08. The van der Waals surface area contributed by atoms with Crippen molar-refractivity contribution in [2.45, 2.75) is 0 Å². The predicted molar refractivity (Wildman–Crippen MR) is 39.0 cm³/mol. The van der Waals surface area contributed by atoms with Crippen LogP contribution in [0.3, 0.4) is 0 Å². The average molecular weight is 133 g/mol. The lowest BCUT2D eigenvalue weighted by molar-refractivity contribution is 1.06. The van der Waals surface area contributed by atoms with Gasteiger partial charge in [0.25, 0.3) is 0 Å². The van der Waals surface area contributed by atoms with E-state index in [1.807, 2.05) is 24.6 Å². The minimum absolute atomic E-state index is 1.04. The van der Waals surface area contributed by atoms with Crippen LogP contribution in [0.4, 0.5) is 0 Å². The Morgan fingerprint density at radius 1 is 1.40 bits per heavy atom. The van der Waals surface area contributed by atoms with E-state index in [4.69, 9.17) is 0 Å². The van der Waals surface area contributed by atoms with Gasteiger partial charge >= 0.3 is 0 Å². The first-order chi connectivity index (χ1) is 4.97. The fraction of sp³-hybridized carbons (Fsp3) is 0. The fourth-order valence-electron chi connectivity index (χ4n) is 0.892. The number of hydrogen-bond acceptors (Lipinski definition) is 2. The maximum atomic E-state index is 3.88. The number of nitrogens with zero attached hydrogens (tertiary/aromatic N) is 1. The number of rotatable bonds is 0. The topological polar surface area (TPSA) is 40.7 Å². The summed E-state index contributed by atoms with van der Waals surface area (Å²) >= 11 is 0. The lowest BCUT2D eigenvalue weighted by Crippen LogP contribution is -2.22. The molecule has 10 heavy (non-hydrogen) atoms. The summed E-state index contributed by atoms with van der Waals surface area (Å²) in [5, 5.41) is 11.9. The van der Waals surface area contributed by atoms with Crippen LogP contribution in [0.15, 0.2) is 18.5 Å². The summed E-state index contributed by atoms with van der Waals surface area (Å²) in [5.41, 5.74) is 0. The highest BCUT2D eigenvalue weighted by molar-refractivity contribution is 5.39. The van der Waals surface area contributed by atoms with Crippen LogP contribution in [0.2, 0.25) is 0 Å². The number of aromatic amines is 1. The van der Waals surface area contributed by atoms with Gasteiger partial charge in [-0.3, -0.25) is 5.10 Å². The summed E-state index contributed by atoms with van der Waals surface area (Å²) in [4.78, 5) is 0. The summed E-state index contributed by atoms with van der Waals surface area (Å²) in [5.74, 6) is 0. The minimum atomic E-state index is 1.04. The fourth-order valence-corrected chi connectivity index (χ4v) is 0.892. The normalized spacial score (nSPS) is 14.0. The van der Waals surface area contributed by atoms with E-state index in [2.05, 4.69) is 15.5 Å². The van der Waals surface area contributed by atoms with Gasteiger partial charge in [-0.1, -0.05) is 0 Å². The van der Waals surface area contributed by atoms with Crippen LogP contribution in [-0.2, 0) is 0 Å². The Kier molecular flexibility index (Phi) is 1.07. The third-order valence-corrected chi connectivity index (χ3v) is 1.39. The number of allylic oxidation sites excluding steroid dienone is 1. The molecule has 2 heterocycles. The molecule has 0 aromatic carbocycles.